The Balaban J connectivity index is 2.32. The fourth-order valence-electron chi connectivity index (χ4n) is 2.19. The second kappa shape index (κ2) is 4.37. The van der Waals surface area contributed by atoms with E-state index in [1.807, 2.05) is 54.6 Å². The normalized spacial score (nSPS) is 11.3. The van der Waals surface area contributed by atoms with E-state index in [0.717, 1.165) is 27.7 Å². The van der Waals surface area contributed by atoms with Gasteiger partial charge in [0.1, 0.15) is 0 Å². The summed E-state index contributed by atoms with van der Waals surface area (Å²) in [5.74, 6) is 0. The minimum atomic E-state index is 0.902. The molecular weight excluding hydrogens is 224 g/mol. The number of nitrogens with one attached hydrogen (secondary N) is 1. The van der Waals surface area contributed by atoms with Crippen molar-refractivity contribution < 1.29 is 5.21 Å². The van der Waals surface area contributed by atoms with Crippen LogP contribution >= 0.6 is 0 Å². The number of rotatable bonds is 2. The molecule has 0 fully saturated rings. The number of aromatic nitrogens is 1. The number of fused-ring (bicyclic) bond motifs is 1. The summed E-state index contributed by atoms with van der Waals surface area (Å²) in [6.07, 6.45) is 1.47. The molecule has 2 N–H and O–H groups in total. The summed E-state index contributed by atoms with van der Waals surface area (Å²) >= 11 is 0. The molecule has 0 unspecified atom stereocenters. The van der Waals surface area contributed by atoms with Gasteiger partial charge >= 0.3 is 0 Å². The quantitative estimate of drug-likeness (QED) is 0.398. The summed E-state index contributed by atoms with van der Waals surface area (Å²) in [7, 11) is 0. The molecule has 18 heavy (non-hydrogen) atoms. The maximum Gasteiger partial charge on any atom is 0.0761 e. The van der Waals surface area contributed by atoms with Gasteiger partial charge in [-0.25, -0.2) is 0 Å². The van der Waals surface area contributed by atoms with Crippen LogP contribution in [-0.4, -0.2) is 16.4 Å². The van der Waals surface area contributed by atoms with Crippen LogP contribution in [0.4, 0.5) is 0 Å². The summed E-state index contributed by atoms with van der Waals surface area (Å²) < 4.78 is 0. The van der Waals surface area contributed by atoms with Crippen molar-refractivity contribution in [3.63, 3.8) is 0 Å². The Labute approximate surface area is 104 Å². The van der Waals surface area contributed by atoms with E-state index in [1.54, 1.807) is 0 Å². The van der Waals surface area contributed by atoms with Crippen molar-refractivity contribution in [1.29, 1.82) is 0 Å². The van der Waals surface area contributed by atoms with E-state index in [4.69, 9.17) is 5.21 Å². The summed E-state index contributed by atoms with van der Waals surface area (Å²) in [6, 6.07) is 18.0. The van der Waals surface area contributed by atoms with Crippen molar-refractivity contribution >= 4 is 17.1 Å². The Morgan fingerprint density at radius 1 is 0.944 bits per heavy atom. The van der Waals surface area contributed by atoms with E-state index in [0.29, 0.717) is 0 Å². The maximum atomic E-state index is 8.82. The summed E-state index contributed by atoms with van der Waals surface area (Å²) in [4.78, 5) is 3.36. The molecular formula is C15H12N2O. The topological polar surface area (TPSA) is 48.4 Å². The first-order chi connectivity index (χ1) is 8.90. The van der Waals surface area contributed by atoms with Crippen molar-refractivity contribution in [3.05, 3.63) is 60.2 Å². The smallest absolute Gasteiger partial charge is 0.0761 e. The number of H-pyrrole nitrogens is 1. The number of nitrogens with zero attached hydrogens (tertiary/aromatic N) is 1. The highest BCUT2D eigenvalue weighted by Crippen LogP contribution is 2.28. The highest BCUT2D eigenvalue weighted by Gasteiger charge is 2.10. The number of aromatic amines is 1. The summed E-state index contributed by atoms with van der Waals surface area (Å²) in [5, 5.41) is 13.0. The van der Waals surface area contributed by atoms with Crippen LogP contribution < -0.4 is 0 Å². The number of para-hydroxylation sites is 1. The Hall–Kier alpha value is -2.55. The zero-order chi connectivity index (χ0) is 12.4. The average Bonchev–Trinajstić information content (AvgIpc) is 2.80. The molecule has 2 aromatic carbocycles. The van der Waals surface area contributed by atoms with Gasteiger partial charge in [-0.3, -0.25) is 0 Å². The molecule has 0 amide bonds. The van der Waals surface area contributed by atoms with E-state index in [9.17, 15) is 0 Å². The SMILES string of the molecule is O/N=C\c1c(-c2ccccc2)[nH]c2ccccc12. The molecule has 3 heteroatoms. The minimum absolute atomic E-state index is 0.902. The number of benzene rings is 2. The van der Waals surface area contributed by atoms with Crippen LogP contribution in [0.1, 0.15) is 5.56 Å². The van der Waals surface area contributed by atoms with E-state index in [-0.39, 0.29) is 0 Å². The molecule has 88 valence electrons. The first-order valence-corrected chi connectivity index (χ1v) is 5.73. The Bertz CT molecular complexity index is 699. The highest BCUT2D eigenvalue weighted by atomic mass is 16.4. The van der Waals surface area contributed by atoms with Crippen LogP contribution in [0.5, 0.6) is 0 Å². The molecule has 1 aromatic heterocycles. The van der Waals surface area contributed by atoms with E-state index in [2.05, 4.69) is 10.1 Å². The molecule has 0 aliphatic carbocycles. The lowest BCUT2D eigenvalue weighted by atomic mass is 10.1. The zero-order valence-electron chi connectivity index (χ0n) is 9.67. The van der Waals surface area contributed by atoms with Gasteiger partial charge < -0.3 is 10.2 Å². The molecule has 0 aliphatic rings. The van der Waals surface area contributed by atoms with Crippen molar-refractivity contribution in [2.75, 3.05) is 0 Å². The standard InChI is InChI=1S/C15H12N2O/c18-16-10-13-12-8-4-5-9-14(12)17-15(13)11-6-2-1-3-7-11/h1-10,17-18H/b16-10-. The van der Waals surface area contributed by atoms with Gasteiger partial charge in [0.05, 0.1) is 11.9 Å². The van der Waals surface area contributed by atoms with Crippen LogP contribution in [-0.2, 0) is 0 Å². The second-order valence-corrected chi connectivity index (χ2v) is 4.07. The van der Waals surface area contributed by atoms with Crippen LogP contribution in [0.25, 0.3) is 22.2 Å². The lowest BCUT2D eigenvalue weighted by Gasteiger charge is -1.99. The van der Waals surface area contributed by atoms with Crippen molar-refractivity contribution in [3.8, 4) is 11.3 Å². The van der Waals surface area contributed by atoms with E-state index < -0.39 is 0 Å². The van der Waals surface area contributed by atoms with Crippen molar-refractivity contribution in [2.24, 2.45) is 5.16 Å². The highest BCUT2D eigenvalue weighted by molar-refractivity contribution is 6.05. The third-order valence-corrected chi connectivity index (χ3v) is 3.00. The molecule has 0 aliphatic heterocycles. The molecule has 0 saturated carbocycles. The number of oxime groups is 1. The summed E-state index contributed by atoms with van der Waals surface area (Å²) in [5.41, 5.74) is 3.98. The maximum absolute atomic E-state index is 8.82. The lowest BCUT2D eigenvalue weighted by molar-refractivity contribution is 0.322. The number of hydrogen-bond donors (Lipinski definition) is 2. The molecule has 0 saturated heterocycles. The predicted octanol–water partition coefficient (Wildman–Crippen LogP) is 3.64. The zero-order valence-corrected chi connectivity index (χ0v) is 9.67. The third kappa shape index (κ3) is 1.66. The molecule has 0 radical (unpaired) electrons. The van der Waals surface area contributed by atoms with Gasteiger partial charge in [0.25, 0.3) is 0 Å². The predicted molar refractivity (Wildman–Crippen MR) is 73.1 cm³/mol. The van der Waals surface area contributed by atoms with Gasteiger partial charge in [-0.15, -0.1) is 0 Å². The fourth-order valence-corrected chi connectivity index (χ4v) is 2.19. The first kappa shape index (κ1) is 10.6. The van der Waals surface area contributed by atoms with Crippen LogP contribution in [0, 0.1) is 0 Å². The Kier molecular flexibility index (Phi) is 2.57. The second-order valence-electron chi connectivity index (χ2n) is 4.07. The Morgan fingerprint density at radius 2 is 1.67 bits per heavy atom. The third-order valence-electron chi connectivity index (χ3n) is 3.00. The molecule has 0 atom stereocenters. The molecule has 0 bridgehead atoms. The van der Waals surface area contributed by atoms with Crippen LogP contribution in [0.3, 0.4) is 0 Å². The van der Waals surface area contributed by atoms with Crippen LogP contribution in [0.15, 0.2) is 59.8 Å². The largest absolute Gasteiger partial charge is 0.411 e. The van der Waals surface area contributed by atoms with Crippen molar-refractivity contribution in [1.82, 2.24) is 4.98 Å². The van der Waals surface area contributed by atoms with Gasteiger partial charge in [-0.1, -0.05) is 53.7 Å². The van der Waals surface area contributed by atoms with Gasteiger partial charge in [0.15, 0.2) is 0 Å². The molecule has 3 nitrogen and oxygen atoms in total. The molecule has 1 heterocycles. The average molecular weight is 236 g/mol. The molecule has 0 spiro atoms. The summed E-state index contributed by atoms with van der Waals surface area (Å²) in [6.45, 7) is 0. The monoisotopic (exact) mass is 236 g/mol. The number of hydrogen-bond acceptors (Lipinski definition) is 2. The molecule has 3 rings (SSSR count). The Morgan fingerprint density at radius 3 is 2.44 bits per heavy atom. The van der Waals surface area contributed by atoms with Gasteiger partial charge in [-0.05, 0) is 11.6 Å². The minimum Gasteiger partial charge on any atom is -0.411 e. The van der Waals surface area contributed by atoms with Crippen LogP contribution in [0.2, 0.25) is 0 Å². The van der Waals surface area contributed by atoms with Gasteiger partial charge in [-0.2, -0.15) is 0 Å². The molecule has 3 aromatic rings. The fraction of sp³-hybridized carbons (Fsp3) is 0. The first-order valence-electron chi connectivity index (χ1n) is 5.73. The van der Waals surface area contributed by atoms with Gasteiger partial charge in [0, 0.05) is 16.5 Å². The van der Waals surface area contributed by atoms with E-state index >= 15 is 0 Å². The lowest BCUT2D eigenvalue weighted by Crippen LogP contribution is -1.85. The van der Waals surface area contributed by atoms with E-state index in [1.165, 1.54) is 6.21 Å². The van der Waals surface area contributed by atoms with Crippen molar-refractivity contribution in [2.45, 2.75) is 0 Å². The van der Waals surface area contributed by atoms with Gasteiger partial charge in [0.2, 0.25) is 0 Å².